The number of hydrogen-bond acceptors (Lipinski definition) is 4. The molecular weight excluding hydrogens is 268 g/mol. The highest BCUT2D eigenvalue weighted by Gasteiger charge is 2.28. The van der Waals surface area contributed by atoms with Crippen molar-refractivity contribution in [3.8, 4) is 0 Å². The zero-order valence-electron chi connectivity index (χ0n) is 12.5. The molecule has 1 fully saturated rings. The molecule has 0 aliphatic heterocycles. The molecule has 1 aromatic heterocycles. The average molecular weight is 294 g/mol. The molecule has 2 aliphatic rings. The summed E-state index contributed by atoms with van der Waals surface area (Å²) in [6.07, 6.45) is 9.15. The van der Waals surface area contributed by atoms with Crippen molar-refractivity contribution in [2.24, 2.45) is 5.92 Å². The maximum Gasteiger partial charge on any atom is 0.107 e. The highest BCUT2D eigenvalue weighted by molar-refractivity contribution is 7.11. The zero-order valence-corrected chi connectivity index (χ0v) is 13.3. The van der Waals surface area contributed by atoms with E-state index >= 15 is 0 Å². The van der Waals surface area contributed by atoms with Gasteiger partial charge in [-0.25, -0.2) is 4.98 Å². The molecule has 3 nitrogen and oxygen atoms in total. The summed E-state index contributed by atoms with van der Waals surface area (Å²) in [6, 6.07) is 0. The van der Waals surface area contributed by atoms with Gasteiger partial charge in [-0.15, -0.1) is 11.3 Å². The summed E-state index contributed by atoms with van der Waals surface area (Å²) in [7, 11) is 0. The van der Waals surface area contributed by atoms with E-state index in [1.807, 2.05) is 11.3 Å². The first-order valence-corrected chi connectivity index (χ1v) is 8.87. The smallest absolute Gasteiger partial charge is 0.107 e. The number of fused-ring (bicyclic) bond motifs is 1. The molecule has 0 amide bonds. The first-order valence-electron chi connectivity index (χ1n) is 8.05. The molecule has 0 radical (unpaired) electrons. The van der Waals surface area contributed by atoms with Crippen molar-refractivity contribution >= 4 is 11.3 Å². The number of hydrogen-bond donors (Lipinski definition) is 2. The van der Waals surface area contributed by atoms with E-state index in [1.54, 1.807) is 0 Å². The lowest BCUT2D eigenvalue weighted by Gasteiger charge is -2.32. The van der Waals surface area contributed by atoms with E-state index in [0.29, 0.717) is 6.54 Å². The van der Waals surface area contributed by atoms with Crippen LogP contribution in [0.15, 0.2) is 0 Å². The fourth-order valence-electron chi connectivity index (χ4n) is 3.46. The van der Waals surface area contributed by atoms with Crippen molar-refractivity contribution < 1.29 is 5.11 Å². The van der Waals surface area contributed by atoms with E-state index in [2.05, 4.69) is 12.2 Å². The topological polar surface area (TPSA) is 45.2 Å². The van der Waals surface area contributed by atoms with E-state index in [-0.39, 0.29) is 0 Å². The molecule has 1 atom stereocenters. The summed E-state index contributed by atoms with van der Waals surface area (Å²) in [5.74, 6) is 0.812. The lowest BCUT2D eigenvalue weighted by molar-refractivity contribution is 0.00467. The second kappa shape index (κ2) is 6.12. The maximum atomic E-state index is 10.5. The Balaban J connectivity index is 1.51. The quantitative estimate of drug-likeness (QED) is 0.897. The Morgan fingerprint density at radius 1 is 1.35 bits per heavy atom. The summed E-state index contributed by atoms with van der Waals surface area (Å²) < 4.78 is 0. The Morgan fingerprint density at radius 3 is 2.95 bits per heavy atom. The van der Waals surface area contributed by atoms with E-state index in [1.165, 1.54) is 47.7 Å². The number of rotatable bonds is 4. The lowest BCUT2D eigenvalue weighted by Crippen LogP contribution is -2.41. The second-order valence-electron chi connectivity index (χ2n) is 6.71. The third-order valence-corrected chi connectivity index (χ3v) is 5.86. The van der Waals surface area contributed by atoms with Crippen LogP contribution in [0.2, 0.25) is 0 Å². The third-order valence-electron chi connectivity index (χ3n) is 4.74. The fourth-order valence-corrected chi connectivity index (χ4v) is 4.71. The normalized spacial score (nSPS) is 25.4. The molecule has 0 aromatic carbocycles. The van der Waals surface area contributed by atoms with Gasteiger partial charge in [0.25, 0.3) is 0 Å². The minimum absolute atomic E-state index is 0.469. The lowest BCUT2D eigenvalue weighted by atomic mass is 9.85. The molecule has 1 aromatic rings. The van der Waals surface area contributed by atoms with Gasteiger partial charge in [0, 0.05) is 18.0 Å². The Kier molecular flexibility index (Phi) is 4.43. The summed E-state index contributed by atoms with van der Waals surface area (Å²) in [4.78, 5) is 6.26. The van der Waals surface area contributed by atoms with Crippen LogP contribution in [0.25, 0.3) is 0 Å². The molecule has 3 rings (SSSR count). The molecule has 0 spiro atoms. The Hall–Kier alpha value is -0.450. The van der Waals surface area contributed by atoms with Gasteiger partial charge in [-0.2, -0.15) is 0 Å². The van der Waals surface area contributed by atoms with Gasteiger partial charge >= 0.3 is 0 Å². The van der Waals surface area contributed by atoms with Crippen molar-refractivity contribution in [1.82, 2.24) is 10.3 Å². The molecule has 2 aliphatic carbocycles. The van der Waals surface area contributed by atoms with Crippen molar-refractivity contribution in [1.29, 1.82) is 0 Å². The number of aliphatic hydroxyl groups is 1. The Bertz CT molecular complexity index is 451. The minimum Gasteiger partial charge on any atom is -0.389 e. The van der Waals surface area contributed by atoms with Gasteiger partial charge in [-0.3, -0.25) is 0 Å². The summed E-state index contributed by atoms with van der Waals surface area (Å²) in [6.45, 7) is 3.86. The Labute approximate surface area is 125 Å². The highest BCUT2D eigenvalue weighted by atomic mass is 32.1. The molecule has 112 valence electrons. The summed E-state index contributed by atoms with van der Waals surface area (Å²) in [5, 5.41) is 15.1. The van der Waals surface area contributed by atoms with E-state index in [9.17, 15) is 5.11 Å². The molecule has 0 saturated heterocycles. The van der Waals surface area contributed by atoms with Crippen LogP contribution in [0.5, 0.6) is 0 Å². The zero-order chi connectivity index (χ0) is 14.0. The van der Waals surface area contributed by atoms with Gasteiger partial charge in [-0.05, 0) is 38.0 Å². The minimum atomic E-state index is -0.469. The SMILES string of the molecule is CC1CCc2nc(CNCC3(O)CCCCC3)sc2C1. The van der Waals surface area contributed by atoms with Crippen molar-refractivity contribution in [3.05, 3.63) is 15.6 Å². The van der Waals surface area contributed by atoms with E-state index < -0.39 is 5.60 Å². The maximum absolute atomic E-state index is 10.5. The third kappa shape index (κ3) is 3.41. The van der Waals surface area contributed by atoms with Gasteiger partial charge < -0.3 is 10.4 Å². The van der Waals surface area contributed by atoms with Crippen LogP contribution in [0.3, 0.4) is 0 Å². The van der Waals surface area contributed by atoms with Gasteiger partial charge in [0.1, 0.15) is 5.01 Å². The number of nitrogens with one attached hydrogen (secondary N) is 1. The fraction of sp³-hybridized carbons (Fsp3) is 0.812. The van der Waals surface area contributed by atoms with Crippen LogP contribution in [0.1, 0.15) is 61.0 Å². The highest BCUT2D eigenvalue weighted by Crippen LogP contribution is 2.30. The van der Waals surface area contributed by atoms with Gasteiger partial charge in [0.15, 0.2) is 0 Å². The number of aromatic nitrogens is 1. The number of aryl methyl sites for hydroxylation is 1. The van der Waals surface area contributed by atoms with Gasteiger partial charge in [-0.1, -0.05) is 26.2 Å². The summed E-state index contributed by atoms with van der Waals surface area (Å²) in [5.41, 5.74) is 0.866. The predicted octanol–water partition coefficient (Wildman–Crippen LogP) is 3.05. The van der Waals surface area contributed by atoms with Crippen LogP contribution in [-0.4, -0.2) is 22.2 Å². The number of thiazole rings is 1. The monoisotopic (exact) mass is 294 g/mol. The van der Waals surface area contributed by atoms with E-state index in [0.717, 1.165) is 31.7 Å². The van der Waals surface area contributed by atoms with Crippen LogP contribution in [0.4, 0.5) is 0 Å². The van der Waals surface area contributed by atoms with Crippen LogP contribution in [0, 0.1) is 5.92 Å². The molecule has 4 heteroatoms. The van der Waals surface area contributed by atoms with Gasteiger partial charge in [0.2, 0.25) is 0 Å². The van der Waals surface area contributed by atoms with Crippen LogP contribution >= 0.6 is 11.3 Å². The molecule has 20 heavy (non-hydrogen) atoms. The van der Waals surface area contributed by atoms with Crippen LogP contribution < -0.4 is 5.32 Å². The van der Waals surface area contributed by atoms with Crippen molar-refractivity contribution in [3.63, 3.8) is 0 Å². The van der Waals surface area contributed by atoms with E-state index in [4.69, 9.17) is 4.98 Å². The van der Waals surface area contributed by atoms with Gasteiger partial charge in [0.05, 0.1) is 11.3 Å². The van der Waals surface area contributed by atoms with Crippen molar-refractivity contribution in [2.45, 2.75) is 70.4 Å². The molecule has 1 unspecified atom stereocenters. The predicted molar refractivity (Wildman–Crippen MR) is 83.0 cm³/mol. The average Bonchev–Trinajstić information content (AvgIpc) is 2.81. The first-order chi connectivity index (χ1) is 9.65. The van der Waals surface area contributed by atoms with Crippen LogP contribution in [-0.2, 0) is 19.4 Å². The number of nitrogens with zero attached hydrogens (tertiary/aromatic N) is 1. The first kappa shape index (κ1) is 14.5. The molecule has 1 saturated carbocycles. The Morgan fingerprint density at radius 2 is 2.15 bits per heavy atom. The summed E-state index contributed by atoms with van der Waals surface area (Å²) >= 11 is 1.87. The molecular formula is C16H26N2OS. The van der Waals surface area contributed by atoms with Crippen molar-refractivity contribution in [2.75, 3.05) is 6.54 Å². The largest absolute Gasteiger partial charge is 0.389 e. The second-order valence-corrected chi connectivity index (χ2v) is 7.88. The molecule has 1 heterocycles. The molecule has 0 bridgehead atoms. The molecule has 2 N–H and O–H groups in total. The standard InChI is InChI=1S/C16H26N2OS/c1-12-5-6-13-14(9-12)20-15(18-13)10-17-11-16(19)7-3-2-4-8-16/h12,17,19H,2-11H2,1H3.